The minimum Gasteiger partial charge on any atom is -0.354 e. The van der Waals surface area contributed by atoms with Gasteiger partial charge in [-0.3, -0.25) is 4.79 Å². The molecule has 0 radical (unpaired) electrons. The van der Waals surface area contributed by atoms with Crippen LogP contribution in [0.5, 0.6) is 0 Å². The molecule has 158 valence electrons. The monoisotopic (exact) mass is 395 g/mol. The first-order valence-corrected chi connectivity index (χ1v) is 10.8. The summed E-state index contributed by atoms with van der Waals surface area (Å²) in [7, 11) is 4.13. The van der Waals surface area contributed by atoms with E-state index >= 15 is 0 Å². The van der Waals surface area contributed by atoms with E-state index in [0.717, 1.165) is 38.5 Å². The van der Waals surface area contributed by atoms with E-state index in [1.54, 1.807) is 0 Å². The van der Waals surface area contributed by atoms with Gasteiger partial charge in [0.05, 0.1) is 0 Å². The summed E-state index contributed by atoms with van der Waals surface area (Å²) < 4.78 is 0. The fourth-order valence-electron chi connectivity index (χ4n) is 3.64. The lowest BCUT2D eigenvalue weighted by Crippen LogP contribution is -2.42. The summed E-state index contributed by atoms with van der Waals surface area (Å²) in [6, 6.07) is 21.2. The van der Waals surface area contributed by atoms with E-state index < -0.39 is 0 Å². The number of nitrogens with two attached hydrogens (primary N) is 1. The molecule has 0 bridgehead atoms. The number of hydrogen-bond acceptors (Lipinski definition) is 3. The zero-order valence-corrected chi connectivity index (χ0v) is 18.0. The third-order valence-electron chi connectivity index (χ3n) is 5.60. The number of carbonyl (C=O) groups is 1. The van der Waals surface area contributed by atoms with Crippen LogP contribution in [-0.2, 0) is 17.6 Å². The van der Waals surface area contributed by atoms with E-state index in [9.17, 15) is 4.79 Å². The summed E-state index contributed by atoms with van der Waals surface area (Å²) in [6.45, 7) is 1.37. The largest absolute Gasteiger partial charge is 0.354 e. The van der Waals surface area contributed by atoms with Gasteiger partial charge < -0.3 is 16.0 Å². The topological polar surface area (TPSA) is 58.4 Å². The molecule has 0 aliphatic rings. The van der Waals surface area contributed by atoms with E-state index in [4.69, 9.17) is 5.73 Å². The number of rotatable bonds is 13. The Kier molecular flexibility index (Phi) is 10.5. The number of benzene rings is 2. The molecule has 0 heterocycles. The van der Waals surface area contributed by atoms with Gasteiger partial charge in [-0.25, -0.2) is 0 Å². The Morgan fingerprint density at radius 3 is 1.86 bits per heavy atom. The third kappa shape index (κ3) is 8.80. The maximum absolute atomic E-state index is 13.0. The van der Waals surface area contributed by atoms with Crippen molar-refractivity contribution in [2.24, 2.45) is 11.7 Å². The number of hydrogen-bond donors (Lipinski definition) is 2. The average molecular weight is 396 g/mol. The van der Waals surface area contributed by atoms with Crippen LogP contribution in [0, 0.1) is 5.92 Å². The lowest BCUT2D eigenvalue weighted by atomic mass is 9.92. The summed E-state index contributed by atoms with van der Waals surface area (Å²) in [5.74, 6) is 0.198. The Balaban J connectivity index is 1.95. The minimum atomic E-state index is 0.0210. The Hall–Kier alpha value is -2.17. The number of aryl methyl sites for hydroxylation is 2. The second-order valence-corrected chi connectivity index (χ2v) is 8.04. The molecule has 2 aromatic rings. The molecule has 1 atom stereocenters. The number of nitrogens with zero attached hydrogens (tertiary/aromatic N) is 1. The highest BCUT2D eigenvalue weighted by molar-refractivity contribution is 5.78. The summed E-state index contributed by atoms with van der Waals surface area (Å²) in [4.78, 5) is 15.2. The number of carbonyl (C=O) groups excluding carboxylic acids is 1. The van der Waals surface area contributed by atoms with Gasteiger partial charge in [0.2, 0.25) is 5.91 Å². The van der Waals surface area contributed by atoms with Crippen molar-refractivity contribution in [1.29, 1.82) is 0 Å². The minimum absolute atomic E-state index is 0.0210. The average Bonchev–Trinajstić information content (AvgIpc) is 2.75. The van der Waals surface area contributed by atoms with Crippen LogP contribution in [0.25, 0.3) is 0 Å². The SMILES string of the molecule is CN(C)[C@@H](CCCN)CNC(=O)C(CCc1ccccc1)CCc1ccccc1. The molecule has 0 aromatic heterocycles. The zero-order valence-electron chi connectivity index (χ0n) is 18.0. The van der Waals surface area contributed by atoms with Gasteiger partial charge in [-0.2, -0.15) is 0 Å². The summed E-state index contributed by atoms with van der Waals surface area (Å²) in [5.41, 5.74) is 8.25. The Morgan fingerprint density at radius 2 is 1.41 bits per heavy atom. The van der Waals surface area contributed by atoms with Gasteiger partial charge in [0.1, 0.15) is 0 Å². The van der Waals surface area contributed by atoms with E-state index in [1.165, 1.54) is 11.1 Å². The van der Waals surface area contributed by atoms with E-state index in [2.05, 4.69) is 72.8 Å². The molecular weight excluding hydrogens is 358 g/mol. The first kappa shape index (κ1) is 23.1. The van der Waals surface area contributed by atoms with E-state index in [-0.39, 0.29) is 11.8 Å². The molecule has 0 spiro atoms. The molecular formula is C25H37N3O. The highest BCUT2D eigenvalue weighted by atomic mass is 16.1. The molecule has 4 nitrogen and oxygen atoms in total. The van der Waals surface area contributed by atoms with Crippen molar-refractivity contribution in [2.45, 2.75) is 44.6 Å². The van der Waals surface area contributed by atoms with Crippen LogP contribution in [0.15, 0.2) is 60.7 Å². The Morgan fingerprint density at radius 1 is 0.897 bits per heavy atom. The molecule has 2 aromatic carbocycles. The summed E-state index contributed by atoms with van der Waals surface area (Å²) in [6.07, 6.45) is 5.58. The number of amides is 1. The molecule has 2 rings (SSSR count). The second kappa shape index (κ2) is 13.1. The van der Waals surface area contributed by atoms with Gasteiger partial charge in [0.15, 0.2) is 0 Å². The molecule has 0 aliphatic carbocycles. The van der Waals surface area contributed by atoms with Gasteiger partial charge in [0, 0.05) is 18.5 Å². The molecule has 0 fully saturated rings. The highest BCUT2D eigenvalue weighted by Gasteiger charge is 2.20. The van der Waals surface area contributed by atoms with Gasteiger partial charge in [-0.05, 0) is 70.3 Å². The highest BCUT2D eigenvalue weighted by Crippen LogP contribution is 2.17. The third-order valence-corrected chi connectivity index (χ3v) is 5.60. The van der Waals surface area contributed by atoms with Crippen LogP contribution in [-0.4, -0.2) is 44.0 Å². The Labute approximate surface area is 176 Å². The second-order valence-electron chi connectivity index (χ2n) is 8.04. The first-order chi connectivity index (χ1) is 14.1. The molecule has 0 unspecified atom stereocenters. The lowest BCUT2D eigenvalue weighted by molar-refractivity contribution is -0.125. The van der Waals surface area contributed by atoms with Crippen molar-refractivity contribution in [3.8, 4) is 0 Å². The fraction of sp³-hybridized carbons (Fsp3) is 0.480. The number of likely N-dealkylation sites (N-methyl/N-ethyl adjacent to an activating group) is 1. The molecule has 4 heteroatoms. The Bertz CT molecular complexity index is 644. The predicted octanol–water partition coefficient (Wildman–Crippen LogP) is 3.65. The van der Waals surface area contributed by atoms with Crippen LogP contribution in [0.2, 0.25) is 0 Å². The predicted molar refractivity (Wildman–Crippen MR) is 122 cm³/mol. The lowest BCUT2D eigenvalue weighted by Gasteiger charge is -2.26. The van der Waals surface area contributed by atoms with Crippen LogP contribution < -0.4 is 11.1 Å². The molecule has 3 N–H and O–H groups in total. The van der Waals surface area contributed by atoms with Gasteiger partial charge in [-0.1, -0.05) is 60.7 Å². The van der Waals surface area contributed by atoms with Crippen LogP contribution >= 0.6 is 0 Å². The normalized spacial score (nSPS) is 12.3. The van der Waals surface area contributed by atoms with Crippen LogP contribution in [0.1, 0.15) is 36.8 Å². The van der Waals surface area contributed by atoms with Crippen molar-refractivity contribution in [3.05, 3.63) is 71.8 Å². The molecule has 1 amide bonds. The molecule has 0 saturated carbocycles. The molecule has 0 saturated heterocycles. The van der Waals surface area contributed by atoms with Crippen LogP contribution in [0.4, 0.5) is 0 Å². The van der Waals surface area contributed by atoms with E-state index in [1.807, 2.05) is 12.1 Å². The standard InChI is InChI=1S/C25H37N3O/c1-28(2)24(14-9-19-26)20-27-25(29)23(17-15-21-10-5-3-6-11-21)18-16-22-12-7-4-8-13-22/h3-8,10-13,23-24H,9,14-20,26H2,1-2H3,(H,27,29)/t24-/m0/s1. The summed E-state index contributed by atoms with van der Waals surface area (Å²) >= 11 is 0. The fourth-order valence-corrected chi connectivity index (χ4v) is 3.64. The van der Waals surface area contributed by atoms with Crippen molar-refractivity contribution in [1.82, 2.24) is 10.2 Å². The van der Waals surface area contributed by atoms with Gasteiger partial charge in [0.25, 0.3) is 0 Å². The molecule has 29 heavy (non-hydrogen) atoms. The zero-order chi connectivity index (χ0) is 20.9. The van der Waals surface area contributed by atoms with Crippen molar-refractivity contribution < 1.29 is 4.79 Å². The van der Waals surface area contributed by atoms with Crippen molar-refractivity contribution in [3.63, 3.8) is 0 Å². The summed E-state index contributed by atoms with van der Waals surface area (Å²) in [5, 5.41) is 3.22. The first-order valence-electron chi connectivity index (χ1n) is 10.8. The number of nitrogens with one attached hydrogen (secondary N) is 1. The molecule has 0 aliphatic heterocycles. The quantitative estimate of drug-likeness (QED) is 0.544. The van der Waals surface area contributed by atoms with Crippen molar-refractivity contribution in [2.75, 3.05) is 27.2 Å². The smallest absolute Gasteiger partial charge is 0.223 e. The maximum Gasteiger partial charge on any atom is 0.223 e. The van der Waals surface area contributed by atoms with E-state index in [0.29, 0.717) is 19.1 Å². The van der Waals surface area contributed by atoms with Gasteiger partial charge >= 0.3 is 0 Å². The van der Waals surface area contributed by atoms with Gasteiger partial charge in [-0.15, -0.1) is 0 Å². The van der Waals surface area contributed by atoms with Crippen molar-refractivity contribution >= 4 is 5.91 Å². The maximum atomic E-state index is 13.0. The van der Waals surface area contributed by atoms with Crippen LogP contribution in [0.3, 0.4) is 0 Å².